The lowest BCUT2D eigenvalue weighted by atomic mass is 10.3. The van der Waals surface area contributed by atoms with Crippen LogP contribution in [0.4, 0.5) is 5.69 Å². The number of carbonyl (C=O) groups is 1. The highest BCUT2D eigenvalue weighted by Gasteiger charge is 2.50. The highest BCUT2D eigenvalue weighted by molar-refractivity contribution is 7.99. The first-order valence-electron chi connectivity index (χ1n) is 4.71. The van der Waals surface area contributed by atoms with Gasteiger partial charge in [0, 0.05) is 0 Å². The molecule has 6 heteroatoms. The normalized spacial score (nSPS) is 17.5. The summed E-state index contributed by atoms with van der Waals surface area (Å²) in [5, 5.41) is 12.1. The van der Waals surface area contributed by atoms with Crippen LogP contribution in [-0.4, -0.2) is 15.8 Å². The molecule has 15 heavy (non-hydrogen) atoms. The third-order valence-electron chi connectivity index (χ3n) is 2.62. The van der Waals surface area contributed by atoms with Crippen molar-refractivity contribution < 1.29 is 9.32 Å². The van der Waals surface area contributed by atoms with Crippen molar-refractivity contribution in [2.45, 2.75) is 31.4 Å². The van der Waals surface area contributed by atoms with Crippen LogP contribution in [0, 0.1) is 13.8 Å². The summed E-state index contributed by atoms with van der Waals surface area (Å²) in [7, 11) is 0. The minimum Gasteiger partial charge on any atom is -0.359 e. The molecular formula is C9H13N3O2S. The van der Waals surface area contributed by atoms with Crippen LogP contribution in [-0.2, 0) is 4.79 Å². The predicted molar refractivity (Wildman–Crippen MR) is 58.4 cm³/mol. The first-order valence-corrected chi connectivity index (χ1v) is 5.59. The lowest BCUT2D eigenvalue weighted by Gasteiger charge is -2.11. The van der Waals surface area contributed by atoms with Crippen molar-refractivity contribution in [2.75, 3.05) is 5.32 Å². The van der Waals surface area contributed by atoms with Crippen molar-refractivity contribution in [3.63, 3.8) is 0 Å². The van der Waals surface area contributed by atoms with E-state index >= 15 is 0 Å². The molecular weight excluding hydrogens is 214 g/mol. The van der Waals surface area contributed by atoms with Crippen LogP contribution < -0.4 is 10.5 Å². The molecule has 1 fully saturated rings. The van der Waals surface area contributed by atoms with Crippen LogP contribution in [0.3, 0.4) is 0 Å². The lowest BCUT2D eigenvalue weighted by molar-refractivity contribution is -0.116. The molecule has 0 spiro atoms. The van der Waals surface area contributed by atoms with Crippen LogP contribution >= 0.6 is 11.9 Å². The predicted octanol–water partition coefficient (Wildman–Crippen LogP) is 1.37. The molecule has 2 rings (SSSR count). The zero-order valence-electron chi connectivity index (χ0n) is 8.66. The van der Waals surface area contributed by atoms with Gasteiger partial charge in [-0.1, -0.05) is 17.1 Å². The number of nitrogens with zero attached hydrogens (tertiary/aromatic N) is 1. The Balaban J connectivity index is 2.13. The molecule has 0 bridgehead atoms. The molecule has 0 atom stereocenters. The molecule has 0 aromatic carbocycles. The van der Waals surface area contributed by atoms with Gasteiger partial charge >= 0.3 is 0 Å². The number of aromatic nitrogens is 1. The van der Waals surface area contributed by atoms with E-state index in [1.165, 1.54) is 0 Å². The Kier molecular flexibility index (Phi) is 2.47. The summed E-state index contributed by atoms with van der Waals surface area (Å²) in [5.74, 6) is 0.572. The third kappa shape index (κ3) is 1.74. The van der Waals surface area contributed by atoms with E-state index in [2.05, 4.69) is 10.5 Å². The molecule has 1 aromatic rings. The highest BCUT2D eigenvalue weighted by Crippen LogP contribution is 2.46. The van der Waals surface area contributed by atoms with Crippen LogP contribution in [0.1, 0.15) is 24.3 Å². The Hall–Kier alpha value is -1.01. The first kappa shape index (κ1) is 10.5. The van der Waals surface area contributed by atoms with E-state index < -0.39 is 4.75 Å². The Bertz CT molecular complexity index is 379. The third-order valence-corrected chi connectivity index (χ3v) is 3.66. The van der Waals surface area contributed by atoms with Gasteiger partial charge in [0.1, 0.15) is 16.1 Å². The van der Waals surface area contributed by atoms with E-state index in [-0.39, 0.29) is 5.91 Å². The fourth-order valence-electron chi connectivity index (χ4n) is 1.40. The van der Waals surface area contributed by atoms with Gasteiger partial charge in [-0.2, -0.15) is 0 Å². The number of nitrogens with one attached hydrogen (secondary N) is 1. The van der Waals surface area contributed by atoms with Crippen molar-refractivity contribution in [1.82, 2.24) is 5.16 Å². The van der Waals surface area contributed by atoms with Gasteiger partial charge in [0.25, 0.3) is 0 Å². The number of hydrogen-bond donors (Lipinski definition) is 2. The Morgan fingerprint density at radius 2 is 2.27 bits per heavy atom. The van der Waals surface area contributed by atoms with Crippen molar-refractivity contribution in [3.05, 3.63) is 11.5 Å². The fourth-order valence-corrected chi connectivity index (χ4v) is 1.90. The second kappa shape index (κ2) is 3.53. The zero-order valence-corrected chi connectivity index (χ0v) is 9.48. The molecule has 0 aliphatic heterocycles. The summed E-state index contributed by atoms with van der Waals surface area (Å²) < 4.78 is 4.54. The lowest BCUT2D eigenvalue weighted by Crippen LogP contribution is -2.28. The Morgan fingerprint density at radius 3 is 2.67 bits per heavy atom. The number of rotatable bonds is 3. The van der Waals surface area contributed by atoms with Crippen molar-refractivity contribution >= 4 is 23.5 Å². The molecule has 1 aliphatic carbocycles. The van der Waals surface area contributed by atoms with E-state index in [4.69, 9.17) is 9.66 Å². The zero-order chi connectivity index (χ0) is 11.1. The average Bonchev–Trinajstić information content (AvgIpc) is 2.97. The van der Waals surface area contributed by atoms with E-state index in [1.54, 1.807) is 13.8 Å². The number of aryl methyl sites for hydroxylation is 2. The number of hydrogen-bond acceptors (Lipinski definition) is 5. The van der Waals surface area contributed by atoms with Gasteiger partial charge < -0.3 is 9.84 Å². The van der Waals surface area contributed by atoms with Gasteiger partial charge in [-0.15, -0.1) is 0 Å². The maximum Gasteiger partial charge on any atom is 0.242 e. The summed E-state index contributed by atoms with van der Waals surface area (Å²) in [6, 6.07) is 0. The van der Waals surface area contributed by atoms with E-state index in [0.717, 1.165) is 24.8 Å². The second-order valence-electron chi connectivity index (χ2n) is 3.77. The average molecular weight is 227 g/mol. The molecule has 0 unspecified atom stereocenters. The Labute approximate surface area is 91.9 Å². The summed E-state index contributed by atoms with van der Waals surface area (Å²) in [4.78, 5) is 11.8. The molecule has 5 nitrogen and oxygen atoms in total. The smallest absolute Gasteiger partial charge is 0.242 e. The molecule has 1 saturated carbocycles. The van der Waals surface area contributed by atoms with E-state index in [1.807, 2.05) is 0 Å². The Morgan fingerprint density at radius 1 is 1.60 bits per heavy atom. The molecule has 1 amide bonds. The first-order chi connectivity index (χ1) is 7.09. The summed E-state index contributed by atoms with van der Waals surface area (Å²) >= 11 is 1.12. The standard InChI is InChI=1S/C9H13N3O2S/c1-5-7(6(2)14-12-5)11-8(13)9(15-10)3-4-9/h3-4,10H2,1-2H3,(H,11,13). The minimum atomic E-state index is -0.420. The maximum atomic E-state index is 11.8. The van der Waals surface area contributed by atoms with Crippen LogP contribution in [0.25, 0.3) is 0 Å². The fraction of sp³-hybridized carbons (Fsp3) is 0.556. The summed E-state index contributed by atoms with van der Waals surface area (Å²) in [6.07, 6.45) is 1.67. The van der Waals surface area contributed by atoms with Gasteiger partial charge in [0.15, 0.2) is 5.76 Å². The minimum absolute atomic E-state index is 0.0515. The van der Waals surface area contributed by atoms with Gasteiger partial charge in [0.05, 0.1) is 0 Å². The summed E-state index contributed by atoms with van der Waals surface area (Å²) in [6.45, 7) is 3.56. The van der Waals surface area contributed by atoms with Gasteiger partial charge in [-0.25, -0.2) is 0 Å². The number of nitrogens with two attached hydrogens (primary N) is 1. The second-order valence-corrected chi connectivity index (χ2v) is 4.78. The van der Waals surface area contributed by atoms with E-state index in [0.29, 0.717) is 17.1 Å². The number of anilines is 1. The number of amides is 1. The van der Waals surface area contributed by atoms with Crippen LogP contribution in [0.15, 0.2) is 4.52 Å². The van der Waals surface area contributed by atoms with Crippen LogP contribution in [0.2, 0.25) is 0 Å². The maximum absolute atomic E-state index is 11.8. The molecule has 0 radical (unpaired) electrons. The summed E-state index contributed by atoms with van der Waals surface area (Å²) in [5.41, 5.74) is 1.36. The molecule has 0 saturated heterocycles. The molecule has 1 heterocycles. The van der Waals surface area contributed by atoms with Gasteiger partial charge in [0.2, 0.25) is 5.91 Å². The highest BCUT2D eigenvalue weighted by atomic mass is 32.2. The monoisotopic (exact) mass is 227 g/mol. The van der Waals surface area contributed by atoms with E-state index in [9.17, 15) is 4.79 Å². The number of carbonyl (C=O) groups excluding carboxylic acids is 1. The largest absolute Gasteiger partial charge is 0.359 e. The SMILES string of the molecule is Cc1noc(C)c1NC(=O)C1(SN)CC1. The van der Waals surface area contributed by atoms with Crippen LogP contribution in [0.5, 0.6) is 0 Å². The van der Waals surface area contributed by atoms with Crippen molar-refractivity contribution in [1.29, 1.82) is 0 Å². The topological polar surface area (TPSA) is 81.2 Å². The van der Waals surface area contributed by atoms with Gasteiger partial charge in [-0.05, 0) is 26.7 Å². The van der Waals surface area contributed by atoms with Gasteiger partial charge in [-0.3, -0.25) is 9.93 Å². The molecule has 82 valence electrons. The van der Waals surface area contributed by atoms with Crippen molar-refractivity contribution in [3.8, 4) is 0 Å². The molecule has 3 N–H and O–H groups in total. The van der Waals surface area contributed by atoms with Crippen molar-refractivity contribution in [2.24, 2.45) is 5.14 Å². The molecule has 1 aromatic heterocycles. The quantitative estimate of drug-likeness (QED) is 0.762. The molecule has 1 aliphatic rings.